The number of rotatable bonds is 1. The molecule has 0 saturated carbocycles. The van der Waals surface area contributed by atoms with Crippen LogP contribution in [0.25, 0.3) is 6.08 Å². The van der Waals surface area contributed by atoms with Gasteiger partial charge in [-0.3, -0.25) is 0 Å². The minimum atomic E-state index is 0.535. The fourth-order valence-electron chi connectivity index (χ4n) is 0.451. The van der Waals surface area contributed by atoms with E-state index in [-0.39, 0.29) is 0 Å². The Balaban J connectivity index is 2.97. The first-order chi connectivity index (χ1) is 4.43. The highest BCUT2D eigenvalue weighted by Gasteiger charge is 1.82. The Hall–Kier alpha value is -1.47. The van der Waals surface area contributed by atoms with Gasteiger partial charge in [0.2, 0.25) is 0 Å². The molecule has 0 atom stereocenters. The van der Waals surface area contributed by atoms with Crippen molar-refractivity contribution < 1.29 is 4.79 Å². The van der Waals surface area contributed by atoms with Gasteiger partial charge in [-0.15, -0.1) is 0 Å². The normalized spacial score (nSPS) is 8.00. The molecule has 44 valence electrons. The van der Waals surface area contributed by atoms with Crippen molar-refractivity contribution in [2.75, 3.05) is 0 Å². The third-order valence-corrected chi connectivity index (χ3v) is 0.800. The van der Waals surface area contributed by atoms with Crippen molar-refractivity contribution >= 4 is 12.0 Å². The molecule has 1 aromatic rings. The van der Waals surface area contributed by atoms with Crippen molar-refractivity contribution in [2.45, 2.75) is 0 Å². The van der Waals surface area contributed by atoms with E-state index >= 15 is 0 Å². The first-order valence-corrected chi connectivity index (χ1v) is 2.42. The summed E-state index contributed by atoms with van der Waals surface area (Å²) in [5, 5.41) is 7.14. The zero-order valence-electron chi connectivity index (χ0n) is 4.61. The number of carbonyl (C=O) groups excluding carboxylic acids is 1. The topological polar surface area (TPSA) is 42.9 Å². The Kier molecular flexibility index (Phi) is 1.73. The van der Waals surface area contributed by atoms with Gasteiger partial charge in [0.1, 0.15) is 5.94 Å². The van der Waals surface area contributed by atoms with E-state index < -0.39 is 0 Å². The van der Waals surface area contributed by atoms with Crippen molar-refractivity contribution in [1.29, 1.82) is 0 Å². The summed E-state index contributed by atoms with van der Waals surface area (Å²) in [4.78, 5) is 9.73. The van der Waals surface area contributed by atoms with Crippen molar-refractivity contribution in [1.82, 2.24) is 10.2 Å². The Morgan fingerprint density at radius 1 is 1.67 bits per heavy atom. The molecule has 0 aliphatic heterocycles. The van der Waals surface area contributed by atoms with Gasteiger partial charge in [0.15, 0.2) is 0 Å². The lowest BCUT2D eigenvalue weighted by Gasteiger charge is -1.81. The first kappa shape index (κ1) is 5.66. The maximum absolute atomic E-state index is 9.73. The number of nitrogens with zero attached hydrogens (tertiary/aromatic N) is 2. The molecule has 3 nitrogen and oxygen atoms in total. The van der Waals surface area contributed by atoms with Gasteiger partial charge >= 0.3 is 0 Å². The highest BCUT2D eigenvalue weighted by Crippen LogP contribution is 1.88. The Labute approximate surface area is 52.0 Å². The molecule has 0 aromatic carbocycles. The van der Waals surface area contributed by atoms with E-state index in [9.17, 15) is 4.79 Å². The minimum Gasteiger partial charge on any atom is -0.233 e. The van der Waals surface area contributed by atoms with Gasteiger partial charge in [0.25, 0.3) is 0 Å². The molecule has 0 spiro atoms. The molecule has 1 aromatic heterocycles. The number of hydrogen-bond donors (Lipinski definition) is 0. The second-order valence-electron chi connectivity index (χ2n) is 1.41. The van der Waals surface area contributed by atoms with Crippen LogP contribution in [-0.4, -0.2) is 16.1 Å². The van der Waals surface area contributed by atoms with Crippen LogP contribution in [0.1, 0.15) is 5.69 Å². The van der Waals surface area contributed by atoms with E-state index in [1.165, 1.54) is 6.08 Å². The summed E-state index contributed by atoms with van der Waals surface area (Å²) in [6, 6.07) is 3.38. The molecule has 0 fully saturated rings. The maximum atomic E-state index is 9.73. The van der Waals surface area contributed by atoms with E-state index in [0.29, 0.717) is 5.69 Å². The van der Waals surface area contributed by atoms with Gasteiger partial charge in [-0.05, 0) is 12.1 Å². The average Bonchev–Trinajstić information content (AvgIpc) is 1.91. The maximum Gasteiger partial charge on any atom is 0.126 e. The highest BCUT2D eigenvalue weighted by atomic mass is 16.1. The molecule has 1 heterocycles. The summed E-state index contributed by atoms with van der Waals surface area (Å²) in [5.41, 5.74) is 0.535. The summed E-state index contributed by atoms with van der Waals surface area (Å²) >= 11 is 0. The van der Waals surface area contributed by atoms with Gasteiger partial charge in [-0.2, -0.15) is 10.2 Å². The predicted molar refractivity (Wildman–Crippen MR) is 32.2 cm³/mol. The summed E-state index contributed by atoms with van der Waals surface area (Å²) in [7, 11) is 0. The fraction of sp³-hybridized carbons (Fsp3) is 0. The monoisotopic (exact) mass is 120 g/mol. The molecular formula is C6H4N2O. The molecule has 0 aliphatic rings. The Bertz CT molecular complexity index is 226. The lowest BCUT2D eigenvalue weighted by atomic mass is 10.4. The number of aromatic nitrogens is 2. The highest BCUT2D eigenvalue weighted by molar-refractivity contribution is 5.72. The predicted octanol–water partition coefficient (Wildman–Crippen LogP) is 0.321. The molecule has 9 heavy (non-hydrogen) atoms. The van der Waals surface area contributed by atoms with Crippen LogP contribution in [0.3, 0.4) is 0 Å². The second kappa shape index (κ2) is 2.74. The zero-order chi connectivity index (χ0) is 6.53. The van der Waals surface area contributed by atoms with Gasteiger partial charge < -0.3 is 0 Å². The lowest BCUT2D eigenvalue weighted by Crippen LogP contribution is -1.81. The molecule has 0 aliphatic carbocycles. The fourth-order valence-corrected chi connectivity index (χ4v) is 0.451. The van der Waals surface area contributed by atoms with E-state index in [0.717, 1.165) is 0 Å². The van der Waals surface area contributed by atoms with E-state index in [2.05, 4.69) is 10.2 Å². The first-order valence-electron chi connectivity index (χ1n) is 2.42. The molecule has 0 N–H and O–H groups in total. The Morgan fingerprint density at radius 3 is 3.11 bits per heavy atom. The van der Waals surface area contributed by atoms with E-state index in [1.807, 2.05) is 0 Å². The van der Waals surface area contributed by atoms with Gasteiger partial charge in [0, 0.05) is 12.3 Å². The lowest BCUT2D eigenvalue weighted by molar-refractivity contribution is 0.570. The van der Waals surface area contributed by atoms with Crippen molar-refractivity contribution in [2.24, 2.45) is 0 Å². The summed E-state index contributed by atoms with van der Waals surface area (Å²) in [6.45, 7) is 0. The van der Waals surface area contributed by atoms with Gasteiger partial charge in [0.05, 0.1) is 5.69 Å². The van der Waals surface area contributed by atoms with Crippen LogP contribution in [0.2, 0.25) is 0 Å². The van der Waals surface area contributed by atoms with Gasteiger partial charge in [-0.1, -0.05) is 0 Å². The summed E-state index contributed by atoms with van der Waals surface area (Å²) < 4.78 is 0. The smallest absolute Gasteiger partial charge is 0.126 e. The third-order valence-electron chi connectivity index (χ3n) is 0.800. The summed E-state index contributed by atoms with van der Waals surface area (Å²) in [6.07, 6.45) is 2.77. The van der Waals surface area contributed by atoms with Crippen LogP contribution in [0.15, 0.2) is 18.3 Å². The molecular weight excluding hydrogens is 116 g/mol. The van der Waals surface area contributed by atoms with Gasteiger partial charge in [-0.25, -0.2) is 4.79 Å². The Morgan fingerprint density at radius 2 is 2.56 bits per heavy atom. The quantitative estimate of drug-likeness (QED) is 0.501. The second-order valence-corrected chi connectivity index (χ2v) is 1.41. The molecule has 0 radical (unpaired) electrons. The molecule has 3 heteroatoms. The SMILES string of the molecule is O=C=Cc1cccnn1. The van der Waals surface area contributed by atoms with E-state index in [4.69, 9.17) is 0 Å². The van der Waals surface area contributed by atoms with Crippen LogP contribution in [0.5, 0.6) is 0 Å². The molecule has 0 bridgehead atoms. The van der Waals surface area contributed by atoms with Crippen LogP contribution < -0.4 is 0 Å². The molecule has 0 amide bonds. The van der Waals surface area contributed by atoms with E-state index in [1.54, 1.807) is 24.3 Å². The van der Waals surface area contributed by atoms with Crippen molar-refractivity contribution in [3.05, 3.63) is 24.0 Å². The average molecular weight is 120 g/mol. The van der Waals surface area contributed by atoms with Crippen LogP contribution >= 0.6 is 0 Å². The third kappa shape index (κ3) is 1.48. The molecule has 0 unspecified atom stereocenters. The van der Waals surface area contributed by atoms with Crippen LogP contribution in [-0.2, 0) is 4.79 Å². The largest absolute Gasteiger partial charge is 0.233 e. The van der Waals surface area contributed by atoms with Crippen molar-refractivity contribution in [3.63, 3.8) is 0 Å². The minimum absolute atomic E-state index is 0.535. The van der Waals surface area contributed by atoms with Crippen LogP contribution in [0.4, 0.5) is 0 Å². The van der Waals surface area contributed by atoms with Crippen LogP contribution in [0, 0.1) is 0 Å². The zero-order valence-corrected chi connectivity index (χ0v) is 4.61. The number of hydrogen-bond acceptors (Lipinski definition) is 3. The molecule has 0 saturated heterocycles. The summed E-state index contributed by atoms with van der Waals surface area (Å²) in [5.74, 6) is 1.61. The molecule has 1 rings (SSSR count). The van der Waals surface area contributed by atoms with Crippen molar-refractivity contribution in [3.8, 4) is 0 Å². The standard InChI is InChI=1S/C6H4N2O/c9-5-3-6-2-1-4-7-8-6/h1-4H.